The van der Waals surface area contributed by atoms with Crippen molar-refractivity contribution in [2.45, 2.75) is 58.4 Å². The maximum absolute atomic E-state index is 11.7. The highest BCUT2D eigenvalue weighted by atomic mass is 16.4. The number of carboxylic acid groups (broad SMARTS) is 1. The summed E-state index contributed by atoms with van der Waals surface area (Å²) < 4.78 is 0. The topological polar surface area (TPSA) is 78.4 Å². The molecule has 0 aromatic heterocycles. The van der Waals surface area contributed by atoms with Crippen molar-refractivity contribution in [3.05, 3.63) is 0 Å². The normalized spacial score (nSPS) is 17.4. The SMILES string of the molecule is CC(C)CC(CNC(=O)NC1CCCC1)CC(=O)O. The Morgan fingerprint density at radius 2 is 1.89 bits per heavy atom. The van der Waals surface area contributed by atoms with Crippen molar-refractivity contribution in [1.29, 1.82) is 0 Å². The van der Waals surface area contributed by atoms with E-state index >= 15 is 0 Å². The highest BCUT2D eigenvalue weighted by Gasteiger charge is 2.19. The first-order chi connectivity index (χ1) is 8.97. The van der Waals surface area contributed by atoms with Crippen LogP contribution in [-0.2, 0) is 4.79 Å². The molecular formula is C14H26N2O3. The predicted octanol–water partition coefficient (Wildman–Crippen LogP) is 2.37. The van der Waals surface area contributed by atoms with Gasteiger partial charge in [0.1, 0.15) is 0 Å². The number of carbonyl (C=O) groups is 2. The molecule has 1 rings (SSSR count). The van der Waals surface area contributed by atoms with Crippen LogP contribution in [0.25, 0.3) is 0 Å². The van der Waals surface area contributed by atoms with Crippen LogP contribution in [0.2, 0.25) is 0 Å². The quantitative estimate of drug-likeness (QED) is 0.664. The second-order valence-corrected chi connectivity index (χ2v) is 5.93. The molecule has 0 saturated heterocycles. The van der Waals surface area contributed by atoms with Crippen LogP contribution in [0.5, 0.6) is 0 Å². The lowest BCUT2D eigenvalue weighted by Gasteiger charge is -2.19. The number of hydrogen-bond acceptors (Lipinski definition) is 2. The molecule has 19 heavy (non-hydrogen) atoms. The average molecular weight is 270 g/mol. The maximum atomic E-state index is 11.7. The van der Waals surface area contributed by atoms with Crippen LogP contribution in [-0.4, -0.2) is 29.7 Å². The van der Waals surface area contributed by atoms with Gasteiger partial charge in [-0.15, -0.1) is 0 Å². The van der Waals surface area contributed by atoms with E-state index in [1.54, 1.807) is 0 Å². The Labute approximate surface area is 115 Å². The van der Waals surface area contributed by atoms with Crippen LogP contribution in [0, 0.1) is 11.8 Å². The minimum Gasteiger partial charge on any atom is -0.481 e. The molecule has 1 saturated carbocycles. The molecule has 0 radical (unpaired) electrons. The van der Waals surface area contributed by atoms with E-state index in [-0.39, 0.29) is 18.4 Å². The number of nitrogens with one attached hydrogen (secondary N) is 2. The molecule has 0 heterocycles. The molecule has 0 spiro atoms. The first kappa shape index (κ1) is 15.8. The molecule has 0 bridgehead atoms. The van der Waals surface area contributed by atoms with Gasteiger partial charge >= 0.3 is 12.0 Å². The van der Waals surface area contributed by atoms with Gasteiger partial charge in [-0.1, -0.05) is 26.7 Å². The average Bonchev–Trinajstić information content (AvgIpc) is 2.77. The van der Waals surface area contributed by atoms with E-state index < -0.39 is 5.97 Å². The Balaban J connectivity index is 2.28. The summed E-state index contributed by atoms with van der Waals surface area (Å²) >= 11 is 0. The standard InChI is InChI=1S/C14H26N2O3/c1-10(2)7-11(8-13(17)18)9-15-14(19)16-12-5-3-4-6-12/h10-12H,3-9H2,1-2H3,(H,17,18)(H2,15,16,19). The zero-order chi connectivity index (χ0) is 14.3. The Morgan fingerprint density at radius 3 is 2.42 bits per heavy atom. The minimum atomic E-state index is -0.802. The largest absolute Gasteiger partial charge is 0.481 e. The second kappa shape index (κ2) is 8.02. The Morgan fingerprint density at radius 1 is 1.26 bits per heavy atom. The summed E-state index contributed by atoms with van der Waals surface area (Å²) in [5.41, 5.74) is 0. The number of carboxylic acids is 1. The molecule has 5 heteroatoms. The fourth-order valence-corrected chi connectivity index (χ4v) is 2.70. The van der Waals surface area contributed by atoms with Gasteiger partial charge in [0.2, 0.25) is 0 Å². The zero-order valence-electron chi connectivity index (χ0n) is 11.9. The lowest BCUT2D eigenvalue weighted by Crippen LogP contribution is -2.43. The van der Waals surface area contributed by atoms with Gasteiger partial charge in [-0.3, -0.25) is 4.79 Å². The van der Waals surface area contributed by atoms with Gasteiger partial charge in [0.25, 0.3) is 0 Å². The third-order valence-electron chi connectivity index (χ3n) is 3.51. The Hall–Kier alpha value is -1.26. The molecule has 0 aliphatic heterocycles. The summed E-state index contributed by atoms with van der Waals surface area (Å²) in [6, 6.07) is 0.133. The van der Waals surface area contributed by atoms with Gasteiger partial charge in [0, 0.05) is 19.0 Å². The third-order valence-corrected chi connectivity index (χ3v) is 3.51. The van der Waals surface area contributed by atoms with E-state index in [2.05, 4.69) is 24.5 Å². The van der Waals surface area contributed by atoms with Gasteiger partial charge < -0.3 is 15.7 Å². The van der Waals surface area contributed by atoms with E-state index in [1.807, 2.05) is 0 Å². The highest BCUT2D eigenvalue weighted by Crippen LogP contribution is 2.17. The lowest BCUT2D eigenvalue weighted by atomic mass is 9.94. The van der Waals surface area contributed by atoms with Crippen LogP contribution in [0.4, 0.5) is 4.79 Å². The number of rotatable bonds is 7. The zero-order valence-corrected chi connectivity index (χ0v) is 11.9. The predicted molar refractivity (Wildman–Crippen MR) is 74.0 cm³/mol. The molecule has 0 aromatic carbocycles. The number of amides is 2. The lowest BCUT2D eigenvalue weighted by molar-refractivity contribution is -0.138. The monoisotopic (exact) mass is 270 g/mol. The van der Waals surface area contributed by atoms with Gasteiger partial charge in [0.05, 0.1) is 0 Å². The molecule has 0 aromatic rings. The van der Waals surface area contributed by atoms with E-state index in [1.165, 1.54) is 12.8 Å². The summed E-state index contributed by atoms with van der Waals surface area (Å²) in [6.07, 6.45) is 5.40. The summed E-state index contributed by atoms with van der Waals surface area (Å²) in [5, 5.41) is 14.6. The van der Waals surface area contributed by atoms with Crippen LogP contribution in [0.1, 0.15) is 52.4 Å². The van der Waals surface area contributed by atoms with Crippen LogP contribution in [0.3, 0.4) is 0 Å². The Bertz CT molecular complexity index is 299. The van der Waals surface area contributed by atoms with Crippen molar-refractivity contribution in [3.8, 4) is 0 Å². The summed E-state index contributed by atoms with van der Waals surface area (Å²) in [6.45, 7) is 4.56. The molecule has 1 fully saturated rings. The van der Waals surface area contributed by atoms with Crippen molar-refractivity contribution in [1.82, 2.24) is 10.6 Å². The molecule has 2 amide bonds. The van der Waals surface area contributed by atoms with Crippen molar-refractivity contribution in [3.63, 3.8) is 0 Å². The fourth-order valence-electron chi connectivity index (χ4n) is 2.70. The van der Waals surface area contributed by atoms with Gasteiger partial charge in [-0.2, -0.15) is 0 Å². The van der Waals surface area contributed by atoms with Crippen molar-refractivity contribution in [2.75, 3.05) is 6.54 Å². The van der Waals surface area contributed by atoms with E-state index in [0.717, 1.165) is 19.3 Å². The number of hydrogen-bond donors (Lipinski definition) is 3. The molecule has 1 atom stereocenters. The van der Waals surface area contributed by atoms with E-state index in [0.29, 0.717) is 18.5 Å². The van der Waals surface area contributed by atoms with Crippen LogP contribution < -0.4 is 10.6 Å². The van der Waals surface area contributed by atoms with Crippen LogP contribution >= 0.6 is 0 Å². The third kappa shape index (κ3) is 7.03. The molecule has 3 N–H and O–H groups in total. The molecule has 1 aliphatic rings. The molecule has 110 valence electrons. The Kier molecular flexibility index (Phi) is 6.67. The molecule has 1 aliphatic carbocycles. The number of aliphatic carboxylic acids is 1. The summed E-state index contributed by atoms with van der Waals surface area (Å²) in [7, 11) is 0. The van der Waals surface area contributed by atoms with Crippen LogP contribution in [0.15, 0.2) is 0 Å². The first-order valence-electron chi connectivity index (χ1n) is 7.23. The van der Waals surface area contributed by atoms with Crippen molar-refractivity contribution < 1.29 is 14.7 Å². The van der Waals surface area contributed by atoms with Crippen molar-refractivity contribution >= 4 is 12.0 Å². The van der Waals surface area contributed by atoms with Crippen molar-refractivity contribution in [2.24, 2.45) is 11.8 Å². The highest BCUT2D eigenvalue weighted by molar-refractivity contribution is 5.74. The fraction of sp³-hybridized carbons (Fsp3) is 0.857. The summed E-state index contributed by atoms with van der Waals surface area (Å²) in [5.74, 6) is -0.362. The maximum Gasteiger partial charge on any atom is 0.315 e. The van der Waals surface area contributed by atoms with Gasteiger partial charge in [-0.05, 0) is 31.1 Å². The van der Waals surface area contributed by atoms with E-state index in [9.17, 15) is 9.59 Å². The molecule has 1 unspecified atom stereocenters. The number of urea groups is 1. The summed E-state index contributed by atoms with van der Waals surface area (Å²) in [4.78, 5) is 22.5. The molecule has 5 nitrogen and oxygen atoms in total. The van der Waals surface area contributed by atoms with Gasteiger partial charge in [-0.25, -0.2) is 4.79 Å². The van der Waals surface area contributed by atoms with Gasteiger partial charge in [0.15, 0.2) is 0 Å². The second-order valence-electron chi connectivity index (χ2n) is 5.93. The molecular weight excluding hydrogens is 244 g/mol. The number of carbonyl (C=O) groups excluding carboxylic acids is 1. The van der Waals surface area contributed by atoms with E-state index in [4.69, 9.17) is 5.11 Å². The first-order valence-corrected chi connectivity index (χ1v) is 7.23. The smallest absolute Gasteiger partial charge is 0.315 e. The minimum absolute atomic E-state index is 0.00632.